The standard InChI is InChI=1S/C22H32N2O2/c1-22(2,3)21(26)15-24-10-8-16(9-11-24)12-19(25)14-18-13-17-6-4-5-7-20(17)23-18/h4-7,16,21,26H,8-15H2,1-3H3. The van der Waals surface area contributed by atoms with E-state index in [2.05, 4.69) is 36.7 Å². The van der Waals surface area contributed by atoms with Gasteiger partial charge in [-0.2, -0.15) is 0 Å². The second-order valence-electron chi connectivity index (χ2n) is 9.03. The second-order valence-corrected chi connectivity index (χ2v) is 9.03. The topological polar surface area (TPSA) is 52.9 Å². The van der Waals surface area contributed by atoms with E-state index in [4.69, 9.17) is 0 Å². The second kappa shape index (κ2) is 8.01. The predicted octanol–water partition coefficient (Wildman–Crippen LogP) is 3.78. The lowest BCUT2D eigenvalue weighted by Gasteiger charge is -2.36. The Labute approximate surface area is 157 Å². The van der Waals surface area contributed by atoms with E-state index in [0.717, 1.165) is 50.3 Å². The number of β-amino-alcohol motifs (C(OH)–C–C–N with tert-alkyl or cyclic N) is 1. The number of likely N-dealkylation sites (tertiary alicyclic amines) is 1. The summed E-state index contributed by atoms with van der Waals surface area (Å²) in [6.07, 6.45) is 3.79. The van der Waals surface area contributed by atoms with Gasteiger partial charge in [0.1, 0.15) is 5.78 Å². The molecule has 0 aromatic heterocycles. The number of rotatable bonds is 6. The fourth-order valence-electron chi connectivity index (χ4n) is 3.81. The molecule has 1 fully saturated rings. The van der Waals surface area contributed by atoms with Gasteiger partial charge in [-0.3, -0.25) is 9.79 Å². The highest BCUT2D eigenvalue weighted by atomic mass is 16.3. The average Bonchev–Trinajstić information content (AvgIpc) is 2.97. The lowest BCUT2D eigenvalue weighted by molar-refractivity contribution is -0.119. The number of piperidine rings is 1. The van der Waals surface area contributed by atoms with Gasteiger partial charge < -0.3 is 10.0 Å². The molecule has 2 heterocycles. The highest BCUT2D eigenvalue weighted by molar-refractivity contribution is 6.06. The molecule has 1 unspecified atom stereocenters. The van der Waals surface area contributed by atoms with E-state index in [1.54, 1.807) is 0 Å². The van der Waals surface area contributed by atoms with Crippen LogP contribution < -0.4 is 0 Å². The molecule has 4 heteroatoms. The van der Waals surface area contributed by atoms with Gasteiger partial charge in [0.2, 0.25) is 0 Å². The normalized spacial score (nSPS) is 19.9. The Balaban J connectivity index is 1.40. The molecule has 0 aliphatic carbocycles. The van der Waals surface area contributed by atoms with E-state index < -0.39 is 0 Å². The molecule has 1 aromatic carbocycles. The zero-order valence-corrected chi connectivity index (χ0v) is 16.4. The van der Waals surface area contributed by atoms with Gasteiger partial charge in [-0.1, -0.05) is 39.0 Å². The van der Waals surface area contributed by atoms with Crippen molar-refractivity contribution in [3.63, 3.8) is 0 Å². The number of para-hydroxylation sites is 1. The maximum atomic E-state index is 12.5. The summed E-state index contributed by atoms with van der Waals surface area (Å²) in [5.74, 6) is 0.805. The van der Waals surface area contributed by atoms with E-state index in [1.165, 1.54) is 5.56 Å². The Bertz CT molecular complexity index is 667. The van der Waals surface area contributed by atoms with Crippen molar-refractivity contribution in [2.45, 2.75) is 59.0 Å². The molecule has 1 aromatic rings. The van der Waals surface area contributed by atoms with Gasteiger partial charge in [0.25, 0.3) is 0 Å². The van der Waals surface area contributed by atoms with Crippen LogP contribution in [0.5, 0.6) is 0 Å². The van der Waals surface area contributed by atoms with Crippen LogP contribution in [0.1, 0.15) is 52.0 Å². The van der Waals surface area contributed by atoms with Crippen LogP contribution in [0, 0.1) is 11.3 Å². The molecule has 2 aliphatic heterocycles. The van der Waals surface area contributed by atoms with Crippen LogP contribution in [0.4, 0.5) is 5.69 Å². The monoisotopic (exact) mass is 356 g/mol. The lowest BCUT2D eigenvalue weighted by atomic mass is 9.87. The maximum Gasteiger partial charge on any atom is 0.138 e. The van der Waals surface area contributed by atoms with Crippen LogP contribution in [0.25, 0.3) is 0 Å². The lowest BCUT2D eigenvalue weighted by Crippen LogP contribution is -2.43. The zero-order chi connectivity index (χ0) is 18.7. The van der Waals surface area contributed by atoms with Crippen LogP contribution in [0.2, 0.25) is 0 Å². The van der Waals surface area contributed by atoms with E-state index in [-0.39, 0.29) is 11.5 Å². The minimum Gasteiger partial charge on any atom is -0.391 e. The van der Waals surface area contributed by atoms with E-state index in [1.807, 2.05) is 18.2 Å². The van der Waals surface area contributed by atoms with Gasteiger partial charge >= 0.3 is 0 Å². The first-order valence-corrected chi connectivity index (χ1v) is 9.88. The molecule has 0 radical (unpaired) electrons. The largest absolute Gasteiger partial charge is 0.391 e. The molecule has 1 saturated heterocycles. The third-order valence-electron chi connectivity index (χ3n) is 5.72. The molecule has 0 saturated carbocycles. The number of nitrogens with zero attached hydrogens (tertiary/aromatic N) is 2. The van der Waals surface area contributed by atoms with Crippen LogP contribution in [0.3, 0.4) is 0 Å². The fourth-order valence-corrected chi connectivity index (χ4v) is 3.81. The van der Waals surface area contributed by atoms with Gasteiger partial charge in [0.15, 0.2) is 0 Å². The zero-order valence-electron chi connectivity index (χ0n) is 16.4. The van der Waals surface area contributed by atoms with Crippen LogP contribution >= 0.6 is 0 Å². The number of carbonyl (C=O) groups is 1. The van der Waals surface area contributed by atoms with Crippen molar-refractivity contribution in [2.24, 2.45) is 16.3 Å². The molecule has 2 aliphatic rings. The van der Waals surface area contributed by atoms with Gasteiger partial charge in [-0.15, -0.1) is 0 Å². The summed E-state index contributed by atoms with van der Waals surface area (Å²) in [5.41, 5.74) is 3.20. The van der Waals surface area contributed by atoms with Crippen LogP contribution in [0.15, 0.2) is 29.3 Å². The fraction of sp³-hybridized carbons (Fsp3) is 0.636. The number of Topliss-reactive ketones (excluding diaryl/α,β-unsaturated/α-hetero) is 1. The summed E-state index contributed by atoms with van der Waals surface area (Å²) < 4.78 is 0. The molecule has 1 N–H and O–H groups in total. The smallest absolute Gasteiger partial charge is 0.138 e. The van der Waals surface area contributed by atoms with Gasteiger partial charge in [0.05, 0.1) is 11.8 Å². The summed E-state index contributed by atoms with van der Waals surface area (Å²) in [6.45, 7) is 8.93. The first kappa shape index (κ1) is 19.2. The number of aliphatic hydroxyl groups is 1. The van der Waals surface area contributed by atoms with Crippen LogP contribution in [-0.4, -0.2) is 47.2 Å². The Hall–Kier alpha value is -1.52. The molecule has 3 rings (SSSR count). The Morgan fingerprint density at radius 3 is 2.62 bits per heavy atom. The molecular formula is C22H32N2O2. The van der Waals surface area contributed by atoms with Crippen molar-refractivity contribution in [1.82, 2.24) is 4.90 Å². The molecule has 0 bridgehead atoms. The predicted molar refractivity (Wildman–Crippen MR) is 106 cm³/mol. The Kier molecular flexibility index (Phi) is 5.93. The summed E-state index contributed by atoms with van der Waals surface area (Å²) in [6, 6.07) is 8.15. The third kappa shape index (κ3) is 5.01. The van der Waals surface area contributed by atoms with Crippen molar-refractivity contribution in [3.05, 3.63) is 29.8 Å². The Morgan fingerprint density at radius 2 is 1.96 bits per heavy atom. The number of hydrogen-bond donors (Lipinski definition) is 1. The molecule has 142 valence electrons. The molecule has 0 spiro atoms. The summed E-state index contributed by atoms with van der Waals surface area (Å²) >= 11 is 0. The van der Waals surface area contributed by atoms with Gasteiger partial charge in [-0.05, 0) is 48.9 Å². The number of hydrogen-bond acceptors (Lipinski definition) is 4. The molecular weight excluding hydrogens is 324 g/mol. The highest BCUT2D eigenvalue weighted by Crippen LogP contribution is 2.28. The number of carbonyl (C=O) groups excluding carboxylic acids is 1. The van der Waals surface area contributed by atoms with E-state index in [0.29, 0.717) is 24.5 Å². The minimum absolute atomic E-state index is 0.0770. The maximum absolute atomic E-state index is 12.5. The van der Waals surface area contributed by atoms with Crippen molar-refractivity contribution in [3.8, 4) is 0 Å². The third-order valence-corrected chi connectivity index (χ3v) is 5.72. The van der Waals surface area contributed by atoms with Crippen molar-refractivity contribution in [2.75, 3.05) is 19.6 Å². The number of fused-ring (bicyclic) bond motifs is 1. The van der Waals surface area contributed by atoms with Crippen molar-refractivity contribution in [1.29, 1.82) is 0 Å². The molecule has 4 nitrogen and oxygen atoms in total. The number of aliphatic imine (C=N–C) groups is 1. The SMILES string of the molecule is CC(C)(C)C(O)CN1CCC(CC(=O)CC2=Nc3ccccc3C2)CC1. The molecule has 26 heavy (non-hydrogen) atoms. The number of ketones is 1. The van der Waals surface area contributed by atoms with Crippen LogP contribution in [-0.2, 0) is 11.2 Å². The van der Waals surface area contributed by atoms with E-state index in [9.17, 15) is 9.90 Å². The van der Waals surface area contributed by atoms with E-state index >= 15 is 0 Å². The summed E-state index contributed by atoms with van der Waals surface area (Å²) in [5, 5.41) is 10.3. The minimum atomic E-state index is -0.303. The van der Waals surface area contributed by atoms with Crippen molar-refractivity contribution >= 4 is 17.2 Å². The first-order chi connectivity index (χ1) is 12.3. The van der Waals surface area contributed by atoms with Gasteiger partial charge in [-0.25, -0.2) is 0 Å². The Morgan fingerprint density at radius 1 is 1.27 bits per heavy atom. The van der Waals surface area contributed by atoms with Crippen molar-refractivity contribution < 1.29 is 9.90 Å². The summed E-state index contributed by atoms with van der Waals surface area (Å²) in [7, 11) is 0. The number of benzene rings is 1. The summed E-state index contributed by atoms with van der Waals surface area (Å²) in [4.78, 5) is 19.4. The molecule has 0 amide bonds. The molecule has 1 atom stereocenters. The van der Waals surface area contributed by atoms with Gasteiger partial charge in [0, 0.05) is 31.5 Å². The average molecular weight is 357 g/mol. The quantitative estimate of drug-likeness (QED) is 0.844. The highest BCUT2D eigenvalue weighted by Gasteiger charge is 2.28. The first-order valence-electron chi connectivity index (χ1n) is 9.88. The number of aliphatic hydroxyl groups excluding tert-OH is 1.